The molecule has 0 rings (SSSR count). The first-order chi connectivity index (χ1) is 6.27. The topological polar surface area (TPSA) is 32.7 Å². The second-order valence-electron chi connectivity index (χ2n) is 4.60. The molecule has 0 spiro atoms. The molecule has 0 saturated heterocycles. The van der Waals surface area contributed by atoms with Crippen molar-refractivity contribution in [3.8, 4) is 0 Å². The third-order valence-corrected chi connectivity index (χ3v) is 4.18. The van der Waals surface area contributed by atoms with Crippen molar-refractivity contribution in [2.24, 2.45) is 5.10 Å². The second kappa shape index (κ2) is 5.29. The summed E-state index contributed by atoms with van der Waals surface area (Å²) in [5.41, 5.74) is 0.918. The van der Waals surface area contributed by atoms with Crippen LogP contribution in [0.1, 0.15) is 26.7 Å². The molecule has 0 bridgehead atoms. The van der Waals surface area contributed by atoms with Crippen LogP contribution in [0.25, 0.3) is 0 Å². The van der Waals surface area contributed by atoms with Crippen molar-refractivity contribution in [1.82, 2.24) is 4.67 Å². The minimum atomic E-state index is -1.35. The van der Waals surface area contributed by atoms with Crippen molar-refractivity contribution in [2.75, 3.05) is 7.05 Å². The van der Waals surface area contributed by atoms with Crippen LogP contribution in [-0.2, 0) is 4.79 Å². The average Bonchev–Trinajstić information content (AvgIpc) is 2.02. The Hall–Kier alpha value is -0.643. The summed E-state index contributed by atoms with van der Waals surface area (Å²) in [5.74, 6) is 0.259. The van der Waals surface area contributed by atoms with Gasteiger partial charge in [0.15, 0.2) is 8.24 Å². The molecule has 0 heterocycles. The maximum absolute atomic E-state index is 11.2. The number of carbonyl (C=O) groups excluding carboxylic acids is 1. The van der Waals surface area contributed by atoms with Crippen LogP contribution in [0, 0.1) is 0 Å². The van der Waals surface area contributed by atoms with Gasteiger partial charge in [0.1, 0.15) is 5.78 Å². The molecule has 0 aliphatic rings. The van der Waals surface area contributed by atoms with E-state index in [1.54, 1.807) is 0 Å². The summed E-state index contributed by atoms with van der Waals surface area (Å²) in [4.78, 5) is 11.2. The normalized spacial score (nSPS) is 12.9. The number of rotatable bonds is 5. The van der Waals surface area contributed by atoms with Crippen molar-refractivity contribution < 1.29 is 4.79 Å². The van der Waals surface area contributed by atoms with E-state index < -0.39 is 8.24 Å². The van der Waals surface area contributed by atoms with Gasteiger partial charge in [0.2, 0.25) is 0 Å². The van der Waals surface area contributed by atoms with Crippen LogP contribution in [0.5, 0.6) is 0 Å². The highest BCUT2D eigenvalue weighted by Gasteiger charge is 2.19. The van der Waals surface area contributed by atoms with Gasteiger partial charge >= 0.3 is 0 Å². The standard InChI is InChI=1S/C10H22N2OSi/c1-7-10(13)8-9(2)11-12(3)14(4,5)6/h7-8H2,1-6H3/b11-9+. The van der Waals surface area contributed by atoms with E-state index in [9.17, 15) is 4.79 Å². The van der Waals surface area contributed by atoms with Gasteiger partial charge in [-0.15, -0.1) is 0 Å². The third-order valence-electron chi connectivity index (χ3n) is 2.14. The predicted molar refractivity (Wildman–Crippen MR) is 64.1 cm³/mol. The molecule has 0 radical (unpaired) electrons. The van der Waals surface area contributed by atoms with Gasteiger partial charge in [-0.25, -0.2) is 0 Å². The van der Waals surface area contributed by atoms with E-state index in [1.807, 2.05) is 25.6 Å². The minimum absolute atomic E-state index is 0.259. The molecular formula is C10H22N2OSi. The molecule has 0 amide bonds. The summed E-state index contributed by atoms with van der Waals surface area (Å²) in [6.07, 6.45) is 1.09. The molecule has 0 aliphatic heterocycles. The van der Waals surface area contributed by atoms with Gasteiger partial charge in [-0.3, -0.25) is 4.79 Å². The summed E-state index contributed by atoms with van der Waals surface area (Å²) in [6, 6.07) is 0. The highest BCUT2D eigenvalue weighted by molar-refractivity contribution is 6.73. The number of hydrazone groups is 1. The monoisotopic (exact) mass is 214 g/mol. The molecule has 0 unspecified atom stereocenters. The number of carbonyl (C=O) groups is 1. The highest BCUT2D eigenvalue weighted by Crippen LogP contribution is 2.07. The highest BCUT2D eigenvalue weighted by atomic mass is 28.3. The average molecular weight is 214 g/mol. The smallest absolute Gasteiger partial charge is 0.168 e. The Bertz CT molecular complexity index is 231. The Morgan fingerprint density at radius 3 is 2.21 bits per heavy atom. The summed E-state index contributed by atoms with van der Waals surface area (Å²) >= 11 is 0. The molecule has 3 nitrogen and oxygen atoms in total. The molecule has 0 aromatic heterocycles. The molecule has 0 fully saturated rings. The molecule has 0 saturated carbocycles. The largest absolute Gasteiger partial charge is 0.328 e. The van der Waals surface area contributed by atoms with Crippen LogP contribution in [0.15, 0.2) is 5.10 Å². The van der Waals surface area contributed by atoms with Gasteiger partial charge in [0, 0.05) is 25.6 Å². The first-order valence-electron chi connectivity index (χ1n) is 5.07. The fourth-order valence-corrected chi connectivity index (χ4v) is 1.32. The Labute approximate surface area is 88.3 Å². The number of hydrogen-bond acceptors (Lipinski definition) is 3. The van der Waals surface area contributed by atoms with Crippen molar-refractivity contribution >= 4 is 19.7 Å². The van der Waals surface area contributed by atoms with Crippen LogP contribution in [0.2, 0.25) is 19.6 Å². The summed E-state index contributed by atoms with van der Waals surface area (Å²) < 4.78 is 2.03. The van der Waals surface area contributed by atoms with Crippen molar-refractivity contribution in [2.45, 2.75) is 46.3 Å². The van der Waals surface area contributed by atoms with Gasteiger partial charge in [0.25, 0.3) is 0 Å². The molecule has 0 atom stereocenters. The molecule has 4 heteroatoms. The number of Topliss-reactive ketones (excluding diaryl/α,β-unsaturated/α-hetero) is 1. The Morgan fingerprint density at radius 2 is 1.86 bits per heavy atom. The quantitative estimate of drug-likeness (QED) is 0.400. The van der Waals surface area contributed by atoms with E-state index in [2.05, 4.69) is 24.7 Å². The summed E-state index contributed by atoms with van der Waals surface area (Å²) in [6.45, 7) is 10.5. The third kappa shape index (κ3) is 5.17. The van der Waals surface area contributed by atoms with Crippen LogP contribution in [0.4, 0.5) is 0 Å². The lowest BCUT2D eigenvalue weighted by Crippen LogP contribution is -2.39. The van der Waals surface area contributed by atoms with Crippen LogP contribution < -0.4 is 0 Å². The number of hydrogen-bond donors (Lipinski definition) is 0. The number of nitrogens with zero attached hydrogens (tertiary/aromatic N) is 2. The van der Waals surface area contributed by atoms with Crippen molar-refractivity contribution in [3.05, 3.63) is 0 Å². The van der Waals surface area contributed by atoms with E-state index in [-0.39, 0.29) is 5.78 Å². The first-order valence-corrected chi connectivity index (χ1v) is 8.51. The minimum Gasteiger partial charge on any atom is -0.328 e. The van der Waals surface area contributed by atoms with Crippen LogP contribution in [-0.4, -0.2) is 31.5 Å². The van der Waals surface area contributed by atoms with E-state index in [4.69, 9.17) is 0 Å². The maximum atomic E-state index is 11.2. The summed E-state index contributed by atoms with van der Waals surface area (Å²) in [7, 11) is 0.642. The fourth-order valence-electron chi connectivity index (χ4n) is 0.852. The Balaban J connectivity index is 4.30. The Morgan fingerprint density at radius 1 is 1.36 bits per heavy atom. The second-order valence-corrected chi connectivity index (χ2v) is 9.59. The lowest BCUT2D eigenvalue weighted by Gasteiger charge is -2.27. The van der Waals surface area contributed by atoms with Gasteiger partial charge < -0.3 is 4.67 Å². The van der Waals surface area contributed by atoms with Gasteiger partial charge in [-0.1, -0.05) is 26.6 Å². The summed E-state index contributed by atoms with van der Waals surface area (Å²) in [5, 5.41) is 4.43. The molecule has 14 heavy (non-hydrogen) atoms. The zero-order valence-electron chi connectivity index (χ0n) is 10.2. The molecule has 0 aromatic rings. The van der Waals surface area contributed by atoms with Crippen LogP contribution in [0.3, 0.4) is 0 Å². The predicted octanol–water partition coefficient (Wildman–Crippen LogP) is 2.50. The lowest BCUT2D eigenvalue weighted by molar-refractivity contribution is -0.117. The van der Waals surface area contributed by atoms with E-state index in [1.165, 1.54) is 0 Å². The van der Waals surface area contributed by atoms with Gasteiger partial charge in [0.05, 0.1) is 0 Å². The SMILES string of the molecule is CCC(=O)C/C(C)=N/N(C)[Si](C)(C)C. The van der Waals surface area contributed by atoms with Crippen LogP contribution >= 0.6 is 0 Å². The van der Waals surface area contributed by atoms with Gasteiger partial charge in [-0.05, 0) is 6.92 Å². The van der Waals surface area contributed by atoms with E-state index >= 15 is 0 Å². The van der Waals surface area contributed by atoms with E-state index in [0.29, 0.717) is 12.8 Å². The number of ketones is 1. The van der Waals surface area contributed by atoms with Crippen molar-refractivity contribution in [1.29, 1.82) is 0 Å². The van der Waals surface area contributed by atoms with E-state index in [0.717, 1.165) is 5.71 Å². The molecule has 0 aromatic carbocycles. The molecule has 0 N–H and O–H groups in total. The molecule has 82 valence electrons. The molecular weight excluding hydrogens is 192 g/mol. The maximum Gasteiger partial charge on any atom is 0.168 e. The first kappa shape index (κ1) is 13.4. The fraction of sp³-hybridized carbons (Fsp3) is 0.800. The van der Waals surface area contributed by atoms with Crippen molar-refractivity contribution in [3.63, 3.8) is 0 Å². The lowest BCUT2D eigenvalue weighted by atomic mass is 10.2. The zero-order chi connectivity index (χ0) is 11.4. The Kier molecular flexibility index (Phi) is 5.05. The van der Waals surface area contributed by atoms with Gasteiger partial charge in [-0.2, -0.15) is 5.10 Å². The molecule has 0 aliphatic carbocycles. The zero-order valence-corrected chi connectivity index (χ0v) is 11.2.